The van der Waals surface area contributed by atoms with Crippen molar-refractivity contribution in [2.24, 2.45) is 5.92 Å². The molecule has 1 saturated heterocycles. The third kappa shape index (κ3) is 3.54. The van der Waals surface area contributed by atoms with E-state index in [9.17, 15) is 9.90 Å². The average Bonchev–Trinajstić information content (AvgIpc) is 3.02. The second-order valence-electron chi connectivity index (χ2n) is 5.90. The monoisotopic (exact) mass is 330 g/mol. The Morgan fingerprint density at radius 1 is 1.22 bits per heavy atom. The fraction of sp³-hybridized carbons (Fsp3) is 0.333. The van der Waals surface area contributed by atoms with Crippen molar-refractivity contribution in [2.75, 3.05) is 19.7 Å². The van der Waals surface area contributed by atoms with Crippen LogP contribution in [0.15, 0.2) is 48.8 Å². The molecule has 4 nitrogen and oxygen atoms in total. The van der Waals surface area contributed by atoms with Gasteiger partial charge in [-0.25, -0.2) is 0 Å². The number of benzene rings is 1. The number of likely N-dealkylation sites (tertiary alicyclic amines) is 1. The molecule has 23 heavy (non-hydrogen) atoms. The topological polar surface area (TPSA) is 53.4 Å². The number of halogens is 1. The Morgan fingerprint density at radius 2 is 1.96 bits per heavy atom. The van der Waals surface area contributed by atoms with Gasteiger partial charge in [0.1, 0.15) is 0 Å². The van der Waals surface area contributed by atoms with Crippen LogP contribution in [0.4, 0.5) is 0 Å². The maximum absolute atomic E-state index is 12.6. The van der Waals surface area contributed by atoms with Gasteiger partial charge in [0, 0.05) is 48.9 Å². The van der Waals surface area contributed by atoms with Crippen molar-refractivity contribution >= 4 is 17.5 Å². The zero-order valence-corrected chi connectivity index (χ0v) is 13.5. The number of aliphatic hydroxyl groups excluding tert-OH is 1. The quantitative estimate of drug-likeness (QED) is 0.937. The summed E-state index contributed by atoms with van der Waals surface area (Å²) in [6.45, 7) is 1.27. The molecule has 2 aromatic rings. The first-order chi connectivity index (χ1) is 11.2. The molecule has 1 aliphatic rings. The van der Waals surface area contributed by atoms with Crippen LogP contribution in [-0.2, 0) is 11.2 Å². The molecule has 1 amide bonds. The second-order valence-corrected chi connectivity index (χ2v) is 6.30. The Bertz CT molecular complexity index is 678. The predicted molar refractivity (Wildman–Crippen MR) is 89.3 cm³/mol. The van der Waals surface area contributed by atoms with Gasteiger partial charge in [-0.15, -0.1) is 0 Å². The second kappa shape index (κ2) is 7.11. The molecule has 1 N–H and O–H groups in total. The number of rotatable bonds is 4. The van der Waals surface area contributed by atoms with E-state index in [0.717, 1.165) is 11.1 Å². The van der Waals surface area contributed by atoms with Gasteiger partial charge in [-0.1, -0.05) is 29.8 Å². The van der Waals surface area contributed by atoms with Crippen LogP contribution in [0.25, 0.3) is 0 Å². The minimum absolute atomic E-state index is 0.0492. The number of hydrogen-bond acceptors (Lipinski definition) is 3. The average molecular weight is 331 g/mol. The number of amides is 1. The summed E-state index contributed by atoms with van der Waals surface area (Å²) in [5.41, 5.74) is 1.96. The number of carbonyl (C=O) groups is 1. The van der Waals surface area contributed by atoms with Crippen molar-refractivity contribution < 1.29 is 9.90 Å². The van der Waals surface area contributed by atoms with Crippen LogP contribution < -0.4 is 0 Å². The molecule has 0 saturated carbocycles. The summed E-state index contributed by atoms with van der Waals surface area (Å²) in [7, 11) is 0. The van der Waals surface area contributed by atoms with Crippen molar-refractivity contribution in [1.82, 2.24) is 9.88 Å². The Hall–Kier alpha value is -1.91. The highest BCUT2D eigenvalue weighted by Crippen LogP contribution is 2.32. The summed E-state index contributed by atoms with van der Waals surface area (Å²) in [6, 6.07) is 11.3. The number of aromatic nitrogens is 1. The minimum Gasteiger partial charge on any atom is -0.396 e. The van der Waals surface area contributed by atoms with Crippen molar-refractivity contribution in [3.63, 3.8) is 0 Å². The number of carbonyl (C=O) groups excluding carboxylic acids is 1. The van der Waals surface area contributed by atoms with E-state index >= 15 is 0 Å². The zero-order chi connectivity index (χ0) is 16.2. The first kappa shape index (κ1) is 16.0. The van der Waals surface area contributed by atoms with Crippen molar-refractivity contribution in [2.45, 2.75) is 12.3 Å². The van der Waals surface area contributed by atoms with Gasteiger partial charge in [0.25, 0.3) is 0 Å². The molecule has 2 atom stereocenters. The van der Waals surface area contributed by atoms with Crippen LogP contribution in [0.3, 0.4) is 0 Å². The molecule has 1 aromatic heterocycles. The Balaban J connectivity index is 1.72. The molecule has 3 rings (SSSR count). The highest BCUT2D eigenvalue weighted by atomic mass is 35.5. The van der Waals surface area contributed by atoms with Crippen LogP contribution in [0.2, 0.25) is 5.02 Å². The molecule has 0 unspecified atom stereocenters. The van der Waals surface area contributed by atoms with Gasteiger partial charge in [-0.3, -0.25) is 9.78 Å². The van der Waals surface area contributed by atoms with E-state index in [1.54, 1.807) is 18.5 Å². The lowest BCUT2D eigenvalue weighted by molar-refractivity contribution is -0.129. The summed E-state index contributed by atoms with van der Waals surface area (Å²) >= 11 is 6.14. The fourth-order valence-corrected chi connectivity index (χ4v) is 3.37. The van der Waals surface area contributed by atoms with Gasteiger partial charge in [-0.05, 0) is 29.3 Å². The molecule has 1 fully saturated rings. The summed E-state index contributed by atoms with van der Waals surface area (Å²) in [5, 5.41) is 10.3. The first-order valence-corrected chi connectivity index (χ1v) is 8.08. The van der Waals surface area contributed by atoms with Crippen molar-refractivity contribution in [3.8, 4) is 0 Å². The largest absolute Gasteiger partial charge is 0.396 e. The van der Waals surface area contributed by atoms with Crippen LogP contribution in [0, 0.1) is 5.92 Å². The van der Waals surface area contributed by atoms with E-state index in [4.69, 9.17) is 11.6 Å². The van der Waals surface area contributed by atoms with E-state index in [2.05, 4.69) is 4.98 Å². The molecular formula is C18H19ClN2O2. The zero-order valence-electron chi connectivity index (χ0n) is 12.7. The first-order valence-electron chi connectivity index (χ1n) is 7.71. The van der Waals surface area contributed by atoms with Gasteiger partial charge in [0.2, 0.25) is 5.91 Å². The number of nitrogens with zero attached hydrogens (tertiary/aromatic N) is 2. The molecule has 2 heterocycles. The number of pyridine rings is 1. The number of hydrogen-bond donors (Lipinski definition) is 1. The highest BCUT2D eigenvalue weighted by Gasteiger charge is 2.35. The van der Waals surface area contributed by atoms with E-state index in [0.29, 0.717) is 24.5 Å². The molecule has 1 aliphatic heterocycles. The molecule has 0 aliphatic carbocycles. The van der Waals surface area contributed by atoms with Gasteiger partial charge in [-0.2, -0.15) is 0 Å². The van der Waals surface area contributed by atoms with E-state index in [1.165, 1.54) is 0 Å². The van der Waals surface area contributed by atoms with Gasteiger partial charge < -0.3 is 10.0 Å². The Kier molecular flexibility index (Phi) is 4.94. The normalized spacial score (nSPS) is 20.7. The van der Waals surface area contributed by atoms with E-state index in [-0.39, 0.29) is 24.3 Å². The van der Waals surface area contributed by atoms with Crippen molar-refractivity contribution in [1.29, 1.82) is 0 Å². The van der Waals surface area contributed by atoms with Gasteiger partial charge >= 0.3 is 0 Å². The maximum Gasteiger partial charge on any atom is 0.227 e. The molecule has 0 bridgehead atoms. The standard InChI is InChI=1S/C18H19ClN2O2/c19-17-4-2-1-3-14(17)9-18(23)21-10-15(12-22)16(11-21)13-5-7-20-8-6-13/h1-8,15-16,22H,9-12H2/t15-,16-/m0/s1. The van der Waals surface area contributed by atoms with E-state index in [1.807, 2.05) is 35.2 Å². The predicted octanol–water partition coefficient (Wildman–Crippen LogP) is 2.51. The molecule has 0 radical (unpaired) electrons. The Labute approximate surface area is 140 Å². The SMILES string of the molecule is O=C(Cc1ccccc1Cl)N1C[C@@H](CO)[C@H](c2ccncc2)C1. The van der Waals surface area contributed by atoms with Gasteiger partial charge in [0.05, 0.1) is 6.42 Å². The molecule has 0 spiro atoms. The molecule has 120 valence electrons. The van der Waals surface area contributed by atoms with E-state index < -0.39 is 0 Å². The summed E-state index contributed by atoms with van der Waals surface area (Å²) < 4.78 is 0. The van der Waals surface area contributed by atoms with Crippen LogP contribution in [-0.4, -0.2) is 40.6 Å². The number of aliphatic hydroxyl groups is 1. The van der Waals surface area contributed by atoms with Crippen LogP contribution in [0.5, 0.6) is 0 Å². The lowest BCUT2D eigenvalue weighted by Gasteiger charge is -2.17. The summed E-state index contributed by atoms with van der Waals surface area (Å²) in [6.07, 6.45) is 3.79. The van der Waals surface area contributed by atoms with Crippen molar-refractivity contribution in [3.05, 3.63) is 64.9 Å². The third-order valence-corrected chi connectivity index (χ3v) is 4.83. The minimum atomic E-state index is 0.0492. The lowest BCUT2D eigenvalue weighted by atomic mass is 9.90. The summed E-state index contributed by atoms with van der Waals surface area (Å²) in [4.78, 5) is 18.4. The third-order valence-electron chi connectivity index (χ3n) is 4.46. The molecule has 1 aromatic carbocycles. The van der Waals surface area contributed by atoms with Gasteiger partial charge in [0.15, 0.2) is 0 Å². The van der Waals surface area contributed by atoms with Crippen LogP contribution in [0.1, 0.15) is 17.0 Å². The fourth-order valence-electron chi connectivity index (χ4n) is 3.16. The molecular weight excluding hydrogens is 312 g/mol. The molecule has 5 heteroatoms. The Morgan fingerprint density at radius 3 is 2.65 bits per heavy atom. The highest BCUT2D eigenvalue weighted by molar-refractivity contribution is 6.31. The van der Waals surface area contributed by atoms with Crippen LogP contribution >= 0.6 is 11.6 Å². The summed E-state index contributed by atoms with van der Waals surface area (Å²) in [5.74, 6) is 0.263. The smallest absolute Gasteiger partial charge is 0.227 e. The lowest BCUT2D eigenvalue weighted by Crippen LogP contribution is -2.30. The maximum atomic E-state index is 12.6.